The van der Waals surface area contributed by atoms with Crippen molar-refractivity contribution in [2.24, 2.45) is 0 Å². The Labute approximate surface area is 161 Å². The molecule has 1 saturated carbocycles. The number of aromatic nitrogens is 2. The molecule has 3 aromatic heterocycles. The van der Waals surface area contributed by atoms with Crippen LogP contribution in [0.5, 0.6) is 0 Å². The molecular weight excluding hydrogens is 362 g/mol. The highest BCUT2D eigenvalue weighted by molar-refractivity contribution is 6.04. The van der Waals surface area contributed by atoms with Gasteiger partial charge in [-0.2, -0.15) is 0 Å². The van der Waals surface area contributed by atoms with Gasteiger partial charge in [-0.15, -0.1) is 0 Å². The molecule has 1 fully saturated rings. The van der Waals surface area contributed by atoms with Crippen molar-refractivity contribution < 1.29 is 23.3 Å². The summed E-state index contributed by atoms with van der Waals surface area (Å²) in [5.41, 5.74) is 1.38. The summed E-state index contributed by atoms with van der Waals surface area (Å²) in [6.07, 6.45) is 4.74. The topological polar surface area (TPSA) is 107 Å². The Morgan fingerprint density at radius 1 is 1.32 bits per heavy atom. The van der Waals surface area contributed by atoms with Gasteiger partial charge < -0.3 is 19.0 Å². The van der Waals surface area contributed by atoms with Crippen LogP contribution in [-0.4, -0.2) is 34.2 Å². The van der Waals surface area contributed by atoms with E-state index < -0.39 is 12.1 Å². The van der Waals surface area contributed by atoms with E-state index in [1.165, 1.54) is 6.26 Å². The number of amides is 1. The van der Waals surface area contributed by atoms with Gasteiger partial charge in [-0.3, -0.25) is 4.79 Å². The number of fused-ring (bicyclic) bond motifs is 1. The molecule has 1 atom stereocenters. The molecular formula is C20H21N3O5. The molecule has 0 bridgehead atoms. The number of nitrogens with zero attached hydrogens (tertiary/aromatic N) is 2. The van der Waals surface area contributed by atoms with E-state index in [-0.39, 0.29) is 23.2 Å². The second-order valence-corrected chi connectivity index (χ2v) is 7.02. The van der Waals surface area contributed by atoms with Crippen molar-refractivity contribution in [2.45, 2.75) is 51.7 Å². The zero-order valence-electron chi connectivity index (χ0n) is 15.7. The molecule has 8 nitrogen and oxygen atoms in total. The zero-order chi connectivity index (χ0) is 19.7. The van der Waals surface area contributed by atoms with Crippen molar-refractivity contribution in [2.75, 3.05) is 0 Å². The molecule has 1 unspecified atom stereocenters. The third-order valence-electron chi connectivity index (χ3n) is 4.97. The van der Waals surface area contributed by atoms with Gasteiger partial charge >= 0.3 is 5.97 Å². The van der Waals surface area contributed by atoms with Crippen molar-refractivity contribution in [1.82, 2.24) is 15.5 Å². The Balaban J connectivity index is 1.59. The molecule has 1 amide bonds. The molecule has 0 aliphatic heterocycles. The predicted octanol–water partition coefficient (Wildman–Crippen LogP) is 3.40. The number of hydrogen-bond acceptors (Lipinski definition) is 7. The number of furan rings is 1. The number of nitrogens with one attached hydrogen (secondary N) is 1. The van der Waals surface area contributed by atoms with Crippen LogP contribution in [0.1, 0.15) is 48.7 Å². The molecule has 146 valence electrons. The van der Waals surface area contributed by atoms with Crippen LogP contribution in [0.25, 0.3) is 22.6 Å². The molecule has 28 heavy (non-hydrogen) atoms. The molecule has 0 saturated heterocycles. The molecule has 0 radical (unpaired) electrons. The predicted molar refractivity (Wildman–Crippen MR) is 99.5 cm³/mol. The van der Waals surface area contributed by atoms with Crippen LogP contribution in [0.15, 0.2) is 33.4 Å². The summed E-state index contributed by atoms with van der Waals surface area (Å²) in [6.45, 7) is 3.28. The van der Waals surface area contributed by atoms with Crippen molar-refractivity contribution in [1.29, 1.82) is 0 Å². The van der Waals surface area contributed by atoms with Crippen LogP contribution in [-0.2, 0) is 9.53 Å². The van der Waals surface area contributed by atoms with Gasteiger partial charge in [0.05, 0.1) is 22.9 Å². The Kier molecular flexibility index (Phi) is 4.85. The maximum atomic E-state index is 12.9. The zero-order valence-corrected chi connectivity index (χ0v) is 15.7. The first kappa shape index (κ1) is 18.2. The van der Waals surface area contributed by atoms with Gasteiger partial charge in [-0.05, 0) is 44.9 Å². The highest BCUT2D eigenvalue weighted by atomic mass is 16.5. The molecule has 8 heteroatoms. The quantitative estimate of drug-likeness (QED) is 0.673. The second kappa shape index (κ2) is 7.46. The average molecular weight is 383 g/mol. The van der Waals surface area contributed by atoms with E-state index in [1.54, 1.807) is 32.0 Å². The lowest BCUT2D eigenvalue weighted by Crippen LogP contribution is -2.40. The maximum absolute atomic E-state index is 12.9. The normalized spacial score (nSPS) is 15.6. The van der Waals surface area contributed by atoms with Crippen LogP contribution in [0.2, 0.25) is 0 Å². The monoisotopic (exact) mass is 383 g/mol. The minimum Gasteiger partial charge on any atom is -0.463 e. The first-order valence-electron chi connectivity index (χ1n) is 9.35. The Morgan fingerprint density at radius 3 is 2.82 bits per heavy atom. The van der Waals surface area contributed by atoms with E-state index in [4.69, 9.17) is 13.7 Å². The fraction of sp³-hybridized carbons (Fsp3) is 0.400. The summed E-state index contributed by atoms with van der Waals surface area (Å²) >= 11 is 0. The molecule has 1 N–H and O–H groups in total. The molecule has 0 aromatic carbocycles. The van der Waals surface area contributed by atoms with E-state index in [9.17, 15) is 9.59 Å². The summed E-state index contributed by atoms with van der Waals surface area (Å²) < 4.78 is 16.0. The van der Waals surface area contributed by atoms with Crippen molar-refractivity contribution >= 4 is 23.0 Å². The third-order valence-corrected chi connectivity index (χ3v) is 4.97. The maximum Gasteiger partial charge on any atom is 0.339 e. The Morgan fingerprint density at radius 2 is 2.11 bits per heavy atom. The van der Waals surface area contributed by atoms with Gasteiger partial charge in [0.15, 0.2) is 11.9 Å². The molecule has 3 aromatic rings. The number of ether oxygens (including phenoxy) is 1. The van der Waals surface area contributed by atoms with Crippen LogP contribution in [0, 0.1) is 6.92 Å². The van der Waals surface area contributed by atoms with E-state index in [2.05, 4.69) is 15.5 Å². The fourth-order valence-corrected chi connectivity index (χ4v) is 3.47. The average Bonchev–Trinajstić information content (AvgIpc) is 3.43. The van der Waals surface area contributed by atoms with Gasteiger partial charge in [-0.25, -0.2) is 9.78 Å². The van der Waals surface area contributed by atoms with Crippen LogP contribution in [0.3, 0.4) is 0 Å². The number of rotatable bonds is 5. The Hall–Kier alpha value is -3.16. The Bertz CT molecular complexity index is 1000. The van der Waals surface area contributed by atoms with E-state index in [0.717, 1.165) is 25.7 Å². The smallest absolute Gasteiger partial charge is 0.339 e. The fourth-order valence-electron chi connectivity index (χ4n) is 3.47. The van der Waals surface area contributed by atoms with E-state index in [1.807, 2.05) is 0 Å². The van der Waals surface area contributed by atoms with Crippen molar-refractivity contribution in [3.8, 4) is 11.5 Å². The first-order chi connectivity index (χ1) is 13.5. The van der Waals surface area contributed by atoms with Gasteiger partial charge in [0.25, 0.3) is 11.6 Å². The number of esters is 1. The highest BCUT2D eigenvalue weighted by Gasteiger charge is 2.26. The number of carbonyl (C=O) groups is 2. The molecule has 3 heterocycles. The van der Waals surface area contributed by atoms with E-state index in [0.29, 0.717) is 22.5 Å². The minimum atomic E-state index is -0.913. The SMILES string of the molecule is Cc1noc2nc(-c3ccco3)cc(C(=O)OC(C)C(=O)NC3CCCC3)c12. The summed E-state index contributed by atoms with van der Waals surface area (Å²) in [5, 5.41) is 7.29. The number of aryl methyl sites for hydroxylation is 1. The molecule has 4 rings (SSSR count). The lowest BCUT2D eigenvalue weighted by atomic mass is 10.1. The lowest BCUT2D eigenvalue weighted by Gasteiger charge is -2.17. The third kappa shape index (κ3) is 3.49. The van der Waals surface area contributed by atoms with Crippen molar-refractivity contribution in [3.05, 3.63) is 35.7 Å². The number of hydrogen-bond donors (Lipinski definition) is 1. The first-order valence-corrected chi connectivity index (χ1v) is 9.35. The number of pyridine rings is 1. The second-order valence-electron chi connectivity index (χ2n) is 7.02. The van der Waals surface area contributed by atoms with Crippen LogP contribution >= 0.6 is 0 Å². The molecule has 1 aliphatic carbocycles. The number of carbonyl (C=O) groups excluding carboxylic acids is 2. The summed E-state index contributed by atoms with van der Waals surface area (Å²) in [7, 11) is 0. The van der Waals surface area contributed by atoms with Crippen molar-refractivity contribution in [3.63, 3.8) is 0 Å². The molecule has 1 aliphatic rings. The molecule has 0 spiro atoms. The van der Waals surface area contributed by atoms with E-state index >= 15 is 0 Å². The van der Waals surface area contributed by atoms with Gasteiger partial charge in [0.2, 0.25) is 0 Å². The van der Waals surface area contributed by atoms with Gasteiger partial charge in [0, 0.05) is 6.04 Å². The highest BCUT2D eigenvalue weighted by Crippen LogP contribution is 2.28. The summed E-state index contributed by atoms with van der Waals surface area (Å²) in [4.78, 5) is 29.6. The standard InChI is InChI=1S/C20H21N3O5/c1-11-17-14(10-15(16-8-5-9-26-16)22-19(17)28-23-11)20(25)27-12(2)18(24)21-13-6-3-4-7-13/h5,8-10,12-13H,3-4,6-7H2,1-2H3,(H,21,24). The largest absolute Gasteiger partial charge is 0.463 e. The summed E-state index contributed by atoms with van der Waals surface area (Å²) in [6, 6.07) is 5.17. The summed E-state index contributed by atoms with van der Waals surface area (Å²) in [5.74, 6) is -0.448. The lowest BCUT2D eigenvalue weighted by molar-refractivity contribution is -0.129. The van der Waals surface area contributed by atoms with Gasteiger partial charge in [0.1, 0.15) is 5.69 Å². The minimum absolute atomic E-state index is 0.159. The van der Waals surface area contributed by atoms with Gasteiger partial charge in [-0.1, -0.05) is 18.0 Å². The van der Waals surface area contributed by atoms with Crippen LogP contribution < -0.4 is 5.32 Å². The van der Waals surface area contributed by atoms with Crippen LogP contribution in [0.4, 0.5) is 0 Å².